The predicted octanol–water partition coefficient (Wildman–Crippen LogP) is 4.81. The fraction of sp³-hybridized carbons (Fsp3) is 0.692. The van der Waals surface area contributed by atoms with Crippen LogP contribution in [-0.2, 0) is 0 Å². The number of rotatable bonds is 0. The van der Waals surface area contributed by atoms with E-state index in [2.05, 4.69) is 40.8 Å². The van der Waals surface area contributed by atoms with Crippen molar-refractivity contribution in [1.82, 2.24) is 0 Å². The zero-order valence-corrected chi connectivity index (χ0v) is 10.7. The molecule has 0 bridgehead atoms. The lowest BCUT2D eigenvalue weighted by atomic mass is 9.66. The smallest absolute Gasteiger partial charge is 0.00506 e. The fourth-order valence-electron chi connectivity index (χ4n) is 3.50. The van der Waals surface area contributed by atoms with Crippen LogP contribution in [0.5, 0.6) is 0 Å². The van der Waals surface area contributed by atoms with E-state index in [9.17, 15) is 0 Å². The van der Waals surface area contributed by atoms with Crippen LogP contribution in [-0.4, -0.2) is 0 Å². The molecule has 14 heavy (non-hydrogen) atoms. The van der Waals surface area contributed by atoms with Crippen molar-refractivity contribution in [1.29, 1.82) is 0 Å². The van der Waals surface area contributed by atoms with Crippen LogP contribution in [0.4, 0.5) is 0 Å². The molecule has 0 aliphatic heterocycles. The highest BCUT2D eigenvalue weighted by molar-refractivity contribution is 9.11. The van der Waals surface area contributed by atoms with Gasteiger partial charge in [-0.25, -0.2) is 0 Å². The van der Waals surface area contributed by atoms with Gasteiger partial charge < -0.3 is 0 Å². The minimum absolute atomic E-state index is 0.493. The van der Waals surface area contributed by atoms with E-state index in [4.69, 9.17) is 0 Å². The first-order valence-electron chi connectivity index (χ1n) is 5.67. The highest BCUT2D eigenvalue weighted by Crippen LogP contribution is 2.57. The Kier molecular flexibility index (Phi) is 2.88. The first-order valence-corrected chi connectivity index (χ1v) is 6.58. The Morgan fingerprint density at radius 3 is 2.86 bits per heavy atom. The molecule has 0 aromatic rings. The van der Waals surface area contributed by atoms with E-state index in [1.54, 1.807) is 11.1 Å². The van der Waals surface area contributed by atoms with E-state index in [-0.39, 0.29) is 0 Å². The molecule has 0 nitrogen and oxygen atoms in total. The third-order valence-electron chi connectivity index (χ3n) is 4.30. The van der Waals surface area contributed by atoms with E-state index >= 15 is 0 Å². The summed E-state index contributed by atoms with van der Waals surface area (Å²) in [5, 5.41) is 0. The van der Waals surface area contributed by atoms with Crippen LogP contribution in [0.2, 0.25) is 0 Å². The Labute approximate surface area is 95.6 Å². The van der Waals surface area contributed by atoms with Gasteiger partial charge in [0, 0.05) is 0 Å². The van der Waals surface area contributed by atoms with Gasteiger partial charge in [-0.2, -0.15) is 0 Å². The predicted molar refractivity (Wildman–Crippen MR) is 65.4 cm³/mol. The Morgan fingerprint density at radius 1 is 1.43 bits per heavy atom. The summed E-state index contributed by atoms with van der Waals surface area (Å²) in [5.41, 5.74) is 3.84. The van der Waals surface area contributed by atoms with Gasteiger partial charge >= 0.3 is 0 Å². The summed E-state index contributed by atoms with van der Waals surface area (Å²) in [4.78, 5) is 2.19. The standard InChI is InChI=1S/C13H19Br/c1-3-11-6-7-12-10(9-14)5-4-8-13(11,12)2/h3,9,12H,4-8H2,1-2H3/b10-9+,11-3+/t12-,13+/m0/s1. The van der Waals surface area contributed by atoms with Crippen molar-refractivity contribution in [3.05, 3.63) is 22.2 Å². The molecule has 0 spiro atoms. The third kappa shape index (κ3) is 1.41. The van der Waals surface area contributed by atoms with Gasteiger partial charge in [-0.05, 0) is 55.3 Å². The summed E-state index contributed by atoms with van der Waals surface area (Å²) in [6.45, 7) is 4.67. The van der Waals surface area contributed by atoms with E-state index < -0.39 is 0 Å². The molecule has 0 heterocycles. The van der Waals surface area contributed by atoms with Crippen LogP contribution in [0.15, 0.2) is 22.2 Å². The largest absolute Gasteiger partial charge is 0.0879 e. The number of hydrogen-bond acceptors (Lipinski definition) is 0. The van der Waals surface area contributed by atoms with Gasteiger partial charge in [0.1, 0.15) is 0 Å². The lowest BCUT2D eigenvalue weighted by molar-refractivity contribution is 0.246. The molecule has 0 unspecified atom stereocenters. The van der Waals surface area contributed by atoms with Gasteiger partial charge in [0.2, 0.25) is 0 Å². The van der Waals surface area contributed by atoms with Gasteiger partial charge in [0.05, 0.1) is 0 Å². The van der Waals surface area contributed by atoms with Gasteiger partial charge in [-0.15, -0.1) is 0 Å². The summed E-state index contributed by atoms with van der Waals surface area (Å²) >= 11 is 3.53. The average Bonchev–Trinajstić information content (AvgIpc) is 2.53. The topological polar surface area (TPSA) is 0 Å². The molecule has 2 aliphatic rings. The van der Waals surface area contributed by atoms with Crippen molar-refractivity contribution < 1.29 is 0 Å². The average molecular weight is 255 g/mol. The van der Waals surface area contributed by atoms with E-state index in [0.717, 1.165) is 5.92 Å². The Bertz CT molecular complexity index is 288. The van der Waals surface area contributed by atoms with Gasteiger partial charge in [-0.1, -0.05) is 40.1 Å². The quantitative estimate of drug-likeness (QED) is 0.545. The van der Waals surface area contributed by atoms with Crippen LogP contribution in [0.1, 0.15) is 46.0 Å². The van der Waals surface area contributed by atoms with Crippen LogP contribution in [0.25, 0.3) is 0 Å². The molecule has 0 aromatic heterocycles. The molecule has 0 N–H and O–H groups in total. The van der Waals surface area contributed by atoms with Crippen molar-refractivity contribution >= 4 is 15.9 Å². The molecule has 2 atom stereocenters. The Morgan fingerprint density at radius 2 is 2.21 bits per heavy atom. The second kappa shape index (κ2) is 3.84. The zero-order chi connectivity index (χ0) is 10.2. The van der Waals surface area contributed by atoms with Gasteiger partial charge in [0.15, 0.2) is 0 Å². The lowest BCUT2D eigenvalue weighted by Crippen LogP contribution is -2.28. The molecule has 2 aliphatic carbocycles. The number of halogens is 1. The van der Waals surface area contributed by atoms with Crippen molar-refractivity contribution in [3.63, 3.8) is 0 Å². The molecule has 0 radical (unpaired) electrons. The van der Waals surface area contributed by atoms with Gasteiger partial charge in [-0.3, -0.25) is 0 Å². The third-order valence-corrected chi connectivity index (χ3v) is 4.89. The fourth-order valence-corrected chi connectivity index (χ4v) is 4.04. The van der Waals surface area contributed by atoms with Crippen molar-refractivity contribution in [2.24, 2.45) is 11.3 Å². The van der Waals surface area contributed by atoms with Crippen molar-refractivity contribution in [2.45, 2.75) is 46.0 Å². The second-order valence-corrected chi connectivity index (χ2v) is 5.32. The Balaban J connectivity index is 2.35. The minimum atomic E-state index is 0.493. The van der Waals surface area contributed by atoms with Crippen LogP contribution in [0.3, 0.4) is 0 Å². The highest BCUT2D eigenvalue weighted by Gasteiger charge is 2.45. The lowest BCUT2D eigenvalue weighted by Gasteiger charge is -2.39. The van der Waals surface area contributed by atoms with Crippen molar-refractivity contribution in [3.8, 4) is 0 Å². The Hall–Kier alpha value is -0.0400. The molecular formula is C13H19Br. The van der Waals surface area contributed by atoms with Crippen molar-refractivity contribution in [2.75, 3.05) is 0 Å². The summed E-state index contributed by atoms with van der Waals surface area (Å²) < 4.78 is 0. The summed E-state index contributed by atoms with van der Waals surface area (Å²) in [6.07, 6.45) is 9.11. The molecular weight excluding hydrogens is 236 g/mol. The molecule has 0 saturated heterocycles. The zero-order valence-electron chi connectivity index (χ0n) is 9.15. The molecule has 2 saturated carbocycles. The molecule has 0 amide bonds. The minimum Gasteiger partial charge on any atom is -0.0879 e. The van der Waals surface area contributed by atoms with Crippen LogP contribution >= 0.6 is 15.9 Å². The van der Waals surface area contributed by atoms with Crippen LogP contribution < -0.4 is 0 Å². The maximum Gasteiger partial charge on any atom is -0.00506 e. The maximum absolute atomic E-state index is 3.53. The summed E-state index contributed by atoms with van der Waals surface area (Å²) in [5.74, 6) is 0.821. The molecule has 2 fully saturated rings. The normalized spacial score (nSPS) is 43.2. The summed E-state index contributed by atoms with van der Waals surface area (Å²) in [7, 11) is 0. The van der Waals surface area contributed by atoms with E-state index in [0.29, 0.717) is 5.41 Å². The monoisotopic (exact) mass is 254 g/mol. The molecule has 0 aromatic carbocycles. The first-order chi connectivity index (χ1) is 6.72. The SMILES string of the molecule is C/C=C1\CC[C@H]2/C(=C/Br)CCC[C@]12C. The maximum atomic E-state index is 3.53. The highest BCUT2D eigenvalue weighted by atomic mass is 79.9. The molecule has 1 heteroatoms. The van der Waals surface area contributed by atoms with Crippen LogP contribution in [0, 0.1) is 11.3 Å². The number of fused-ring (bicyclic) bond motifs is 1. The molecule has 78 valence electrons. The van der Waals surface area contributed by atoms with E-state index in [1.165, 1.54) is 32.1 Å². The molecule has 2 rings (SSSR count). The van der Waals surface area contributed by atoms with Gasteiger partial charge in [0.25, 0.3) is 0 Å². The van der Waals surface area contributed by atoms with E-state index in [1.807, 2.05) is 0 Å². The first kappa shape index (κ1) is 10.5. The number of allylic oxidation sites excluding steroid dienone is 3. The number of hydrogen-bond donors (Lipinski definition) is 0. The summed E-state index contributed by atoms with van der Waals surface area (Å²) in [6, 6.07) is 0. The second-order valence-electron chi connectivity index (χ2n) is 4.86.